The number of ether oxygens (including phenoxy) is 1. The number of aliphatic hydroxyl groups is 1. The summed E-state index contributed by atoms with van der Waals surface area (Å²) >= 11 is 0. The van der Waals surface area contributed by atoms with Crippen molar-refractivity contribution in [2.75, 3.05) is 6.61 Å². The van der Waals surface area contributed by atoms with Crippen molar-refractivity contribution in [3.8, 4) is 0 Å². The highest BCUT2D eigenvalue weighted by Crippen LogP contribution is 2.20. The maximum Gasteiger partial charge on any atom is 0.303 e. The molecule has 0 heterocycles. The van der Waals surface area contributed by atoms with E-state index in [4.69, 9.17) is 9.84 Å². The Balaban J connectivity index is 3.88. The summed E-state index contributed by atoms with van der Waals surface area (Å²) in [6.45, 7) is 3.82. The van der Waals surface area contributed by atoms with E-state index in [9.17, 15) is 14.7 Å². The van der Waals surface area contributed by atoms with Gasteiger partial charge < -0.3 is 14.9 Å². The third-order valence-corrected chi connectivity index (χ3v) is 4.61. The van der Waals surface area contributed by atoms with Crippen LogP contribution in [0.3, 0.4) is 0 Å². The molecule has 0 fully saturated rings. The summed E-state index contributed by atoms with van der Waals surface area (Å²) in [6.07, 6.45) is 12.1. The number of carbonyl (C=O) groups is 2. The summed E-state index contributed by atoms with van der Waals surface area (Å²) < 4.78 is 5.41. The first kappa shape index (κ1) is 23.9. The number of carbonyl (C=O) groups excluding carboxylic acids is 1. The van der Waals surface area contributed by atoms with Gasteiger partial charge in [-0.1, -0.05) is 39.0 Å². The second kappa shape index (κ2) is 16.4. The summed E-state index contributed by atoms with van der Waals surface area (Å²) in [6, 6.07) is 0. The van der Waals surface area contributed by atoms with Crippen LogP contribution in [0.2, 0.25) is 0 Å². The van der Waals surface area contributed by atoms with E-state index in [0.717, 1.165) is 70.6 Å². The zero-order chi connectivity index (χ0) is 18.9. The average Bonchev–Trinajstić information content (AvgIpc) is 2.55. The first-order valence-corrected chi connectivity index (χ1v) is 9.99. The van der Waals surface area contributed by atoms with Crippen molar-refractivity contribution in [3.05, 3.63) is 0 Å². The van der Waals surface area contributed by atoms with E-state index < -0.39 is 5.97 Å². The number of unbranched alkanes of at least 4 members (excludes halogenated alkanes) is 5. The lowest BCUT2D eigenvalue weighted by Gasteiger charge is -2.19. The number of aliphatic carboxylic acids is 1. The molecule has 0 aliphatic rings. The molecule has 25 heavy (non-hydrogen) atoms. The van der Waals surface area contributed by atoms with Crippen molar-refractivity contribution in [3.63, 3.8) is 0 Å². The van der Waals surface area contributed by atoms with Crippen molar-refractivity contribution in [1.29, 1.82) is 0 Å². The van der Waals surface area contributed by atoms with Gasteiger partial charge in [0.25, 0.3) is 0 Å². The summed E-state index contributed by atoms with van der Waals surface area (Å²) in [5.41, 5.74) is 0. The van der Waals surface area contributed by atoms with Gasteiger partial charge in [0.15, 0.2) is 0 Å². The van der Waals surface area contributed by atoms with Gasteiger partial charge in [0, 0.05) is 20.0 Å². The summed E-state index contributed by atoms with van der Waals surface area (Å²) in [5.74, 6) is -0.635. The molecule has 2 N–H and O–H groups in total. The van der Waals surface area contributed by atoms with E-state index in [1.807, 2.05) is 0 Å². The van der Waals surface area contributed by atoms with Crippen LogP contribution >= 0.6 is 0 Å². The fraction of sp³-hybridized carbons (Fsp3) is 0.900. The standard InChI is InChI=1S/C20H38O5/c1-3-4-7-13-19(25-17(2)22)14-10-12-18(16-21)11-8-5-6-9-15-20(23)24/h18-19,21H,3-16H2,1-2H3,(H,23,24). The summed E-state index contributed by atoms with van der Waals surface area (Å²) in [4.78, 5) is 21.7. The molecule has 0 saturated carbocycles. The Hall–Kier alpha value is -1.10. The molecule has 0 aromatic rings. The van der Waals surface area contributed by atoms with Gasteiger partial charge in [-0.3, -0.25) is 9.59 Å². The van der Waals surface area contributed by atoms with Crippen LogP contribution in [0.25, 0.3) is 0 Å². The van der Waals surface area contributed by atoms with Crippen LogP contribution in [0.5, 0.6) is 0 Å². The van der Waals surface area contributed by atoms with Gasteiger partial charge in [0.1, 0.15) is 6.10 Å². The molecule has 2 unspecified atom stereocenters. The first-order chi connectivity index (χ1) is 12.0. The molecule has 0 amide bonds. The smallest absolute Gasteiger partial charge is 0.303 e. The van der Waals surface area contributed by atoms with Gasteiger partial charge in [-0.2, -0.15) is 0 Å². The second-order valence-corrected chi connectivity index (χ2v) is 7.05. The van der Waals surface area contributed by atoms with Crippen molar-refractivity contribution < 1.29 is 24.5 Å². The molecular formula is C20H38O5. The van der Waals surface area contributed by atoms with Gasteiger partial charge in [0.05, 0.1) is 0 Å². The highest BCUT2D eigenvalue weighted by molar-refractivity contribution is 5.66. The Labute approximate surface area is 153 Å². The van der Waals surface area contributed by atoms with Crippen LogP contribution in [0.15, 0.2) is 0 Å². The first-order valence-electron chi connectivity index (χ1n) is 9.99. The molecule has 2 atom stereocenters. The molecule has 0 aromatic heterocycles. The zero-order valence-corrected chi connectivity index (χ0v) is 16.2. The molecule has 0 spiro atoms. The van der Waals surface area contributed by atoms with E-state index >= 15 is 0 Å². The second-order valence-electron chi connectivity index (χ2n) is 7.05. The van der Waals surface area contributed by atoms with Crippen LogP contribution in [-0.4, -0.2) is 34.9 Å². The van der Waals surface area contributed by atoms with E-state index in [1.54, 1.807) is 0 Å². The number of rotatable bonds is 17. The van der Waals surface area contributed by atoms with Crippen LogP contribution in [0, 0.1) is 5.92 Å². The highest BCUT2D eigenvalue weighted by Gasteiger charge is 2.14. The van der Waals surface area contributed by atoms with E-state index in [0.29, 0.717) is 5.92 Å². The molecule has 0 aliphatic carbocycles. The van der Waals surface area contributed by atoms with Crippen molar-refractivity contribution in [1.82, 2.24) is 0 Å². The topological polar surface area (TPSA) is 83.8 Å². The molecule has 0 bridgehead atoms. The SMILES string of the molecule is CCCCCC(CCCC(CO)CCCCCCC(=O)O)OC(C)=O. The predicted molar refractivity (Wildman–Crippen MR) is 99.5 cm³/mol. The van der Waals surface area contributed by atoms with Gasteiger partial charge in [-0.15, -0.1) is 0 Å². The maximum atomic E-state index is 11.2. The lowest BCUT2D eigenvalue weighted by atomic mass is 9.94. The maximum absolute atomic E-state index is 11.2. The summed E-state index contributed by atoms with van der Waals surface area (Å²) in [5, 5.41) is 18.1. The molecule has 148 valence electrons. The average molecular weight is 359 g/mol. The highest BCUT2D eigenvalue weighted by atomic mass is 16.5. The van der Waals surface area contributed by atoms with Crippen LogP contribution in [0.4, 0.5) is 0 Å². The normalized spacial score (nSPS) is 13.4. The lowest BCUT2D eigenvalue weighted by Crippen LogP contribution is -2.17. The Morgan fingerprint density at radius 3 is 2.08 bits per heavy atom. The molecule has 5 heteroatoms. The Morgan fingerprint density at radius 1 is 0.880 bits per heavy atom. The minimum atomic E-state index is -0.727. The molecule has 0 radical (unpaired) electrons. The minimum absolute atomic E-state index is 0.0133. The largest absolute Gasteiger partial charge is 0.481 e. The third-order valence-electron chi connectivity index (χ3n) is 4.61. The lowest BCUT2D eigenvalue weighted by molar-refractivity contribution is -0.147. The molecule has 0 rings (SSSR count). The number of hydrogen-bond donors (Lipinski definition) is 2. The number of hydrogen-bond acceptors (Lipinski definition) is 4. The zero-order valence-electron chi connectivity index (χ0n) is 16.2. The van der Waals surface area contributed by atoms with Crippen LogP contribution < -0.4 is 0 Å². The van der Waals surface area contributed by atoms with Crippen molar-refractivity contribution >= 4 is 11.9 Å². The fourth-order valence-electron chi connectivity index (χ4n) is 3.14. The molecule has 0 aromatic carbocycles. The number of carboxylic acids is 1. The third kappa shape index (κ3) is 16.1. The Kier molecular flexibility index (Phi) is 15.7. The van der Waals surface area contributed by atoms with Crippen LogP contribution in [0.1, 0.15) is 97.3 Å². The minimum Gasteiger partial charge on any atom is -0.481 e. The molecular weight excluding hydrogens is 320 g/mol. The number of esters is 1. The molecule has 0 aliphatic heterocycles. The van der Waals surface area contributed by atoms with Crippen LogP contribution in [-0.2, 0) is 14.3 Å². The number of aliphatic hydroxyl groups excluding tert-OH is 1. The van der Waals surface area contributed by atoms with Gasteiger partial charge in [-0.05, 0) is 50.9 Å². The predicted octanol–water partition coefficient (Wildman–Crippen LogP) is 4.70. The monoisotopic (exact) mass is 358 g/mol. The Morgan fingerprint density at radius 2 is 1.48 bits per heavy atom. The quantitative estimate of drug-likeness (QED) is 0.291. The van der Waals surface area contributed by atoms with Crippen molar-refractivity contribution in [2.24, 2.45) is 5.92 Å². The van der Waals surface area contributed by atoms with E-state index in [2.05, 4.69) is 6.92 Å². The van der Waals surface area contributed by atoms with Gasteiger partial charge >= 0.3 is 11.9 Å². The Bertz CT molecular complexity index is 343. The van der Waals surface area contributed by atoms with Gasteiger partial charge in [0.2, 0.25) is 0 Å². The molecule has 5 nitrogen and oxygen atoms in total. The fourth-order valence-corrected chi connectivity index (χ4v) is 3.14. The van der Waals surface area contributed by atoms with Gasteiger partial charge in [-0.25, -0.2) is 0 Å². The van der Waals surface area contributed by atoms with E-state index in [-0.39, 0.29) is 25.1 Å². The molecule has 0 saturated heterocycles. The van der Waals surface area contributed by atoms with E-state index in [1.165, 1.54) is 13.3 Å². The van der Waals surface area contributed by atoms with Crippen molar-refractivity contribution in [2.45, 2.75) is 103 Å². The number of carboxylic acid groups (broad SMARTS) is 1. The summed E-state index contributed by atoms with van der Waals surface area (Å²) in [7, 11) is 0.